The standard InChI is InChI=1S/C16H23N3OS/c1-5-17-11(2)14-7-6-13(8-15(14)20)19(4)9-16-12(3)18-10-21-16/h6-8,10-11,17,20H,5,9H2,1-4H3. The molecule has 0 radical (unpaired) electrons. The molecule has 0 aliphatic heterocycles. The topological polar surface area (TPSA) is 48.4 Å². The molecular weight excluding hydrogens is 282 g/mol. The number of nitrogens with one attached hydrogen (secondary N) is 1. The number of aromatic hydroxyl groups is 1. The molecule has 1 aromatic carbocycles. The average Bonchev–Trinajstić information content (AvgIpc) is 2.84. The maximum atomic E-state index is 10.2. The number of aromatic nitrogens is 1. The number of thiazole rings is 1. The maximum Gasteiger partial charge on any atom is 0.122 e. The van der Waals surface area contributed by atoms with E-state index >= 15 is 0 Å². The van der Waals surface area contributed by atoms with Crippen LogP contribution in [0.1, 0.15) is 36.0 Å². The number of aryl methyl sites for hydroxylation is 1. The van der Waals surface area contributed by atoms with Crippen LogP contribution < -0.4 is 10.2 Å². The molecular formula is C16H23N3OS. The minimum atomic E-state index is 0.151. The van der Waals surface area contributed by atoms with Gasteiger partial charge in [0.15, 0.2) is 0 Å². The second-order valence-corrected chi connectivity index (χ2v) is 6.18. The molecule has 1 aromatic heterocycles. The van der Waals surface area contributed by atoms with Gasteiger partial charge < -0.3 is 15.3 Å². The largest absolute Gasteiger partial charge is 0.508 e. The minimum Gasteiger partial charge on any atom is -0.508 e. The molecule has 114 valence electrons. The van der Waals surface area contributed by atoms with Crippen molar-refractivity contribution in [2.24, 2.45) is 0 Å². The fourth-order valence-electron chi connectivity index (χ4n) is 2.34. The molecule has 1 heterocycles. The van der Waals surface area contributed by atoms with E-state index in [1.165, 1.54) is 4.88 Å². The van der Waals surface area contributed by atoms with Crippen LogP contribution in [0, 0.1) is 6.92 Å². The van der Waals surface area contributed by atoms with Gasteiger partial charge in [-0.1, -0.05) is 13.0 Å². The van der Waals surface area contributed by atoms with Crippen LogP contribution in [-0.2, 0) is 6.54 Å². The lowest BCUT2D eigenvalue weighted by atomic mass is 10.1. The number of phenolic OH excluding ortho intramolecular Hbond substituents is 1. The van der Waals surface area contributed by atoms with Crippen LogP contribution in [0.4, 0.5) is 5.69 Å². The van der Waals surface area contributed by atoms with Gasteiger partial charge in [0, 0.05) is 35.3 Å². The summed E-state index contributed by atoms with van der Waals surface area (Å²) in [5.41, 5.74) is 4.89. The van der Waals surface area contributed by atoms with Gasteiger partial charge in [-0.05, 0) is 26.5 Å². The Morgan fingerprint density at radius 2 is 2.19 bits per heavy atom. The third-order valence-corrected chi connectivity index (χ3v) is 4.58. The number of hydrogen-bond acceptors (Lipinski definition) is 5. The summed E-state index contributed by atoms with van der Waals surface area (Å²) in [7, 11) is 2.03. The van der Waals surface area contributed by atoms with E-state index in [9.17, 15) is 5.11 Å². The van der Waals surface area contributed by atoms with Crippen LogP contribution >= 0.6 is 11.3 Å². The Kier molecular flexibility index (Phi) is 5.20. The molecule has 2 rings (SSSR count). The summed E-state index contributed by atoms with van der Waals surface area (Å²) in [5.74, 6) is 0.342. The van der Waals surface area contributed by atoms with Crippen LogP contribution in [-0.4, -0.2) is 23.7 Å². The number of phenols is 1. The zero-order valence-corrected chi connectivity index (χ0v) is 13.9. The highest BCUT2D eigenvalue weighted by molar-refractivity contribution is 7.09. The first-order valence-corrected chi connectivity index (χ1v) is 8.07. The van der Waals surface area contributed by atoms with Crippen molar-refractivity contribution in [2.75, 3.05) is 18.5 Å². The molecule has 0 saturated carbocycles. The lowest BCUT2D eigenvalue weighted by Gasteiger charge is -2.21. The molecule has 2 aromatic rings. The zero-order chi connectivity index (χ0) is 15.4. The van der Waals surface area contributed by atoms with Crippen molar-refractivity contribution in [3.63, 3.8) is 0 Å². The summed E-state index contributed by atoms with van der Waals surface area (Å²) in [4.78, 5) is 7.65. The highest BCUT2D eigenvalue weighted by Gasteiger charge is 2.12. The van der Waals surface area contributed by atoms with Gasteiger partial charge in [0.2, 0.25) is 0 Å². The van der Waals surface area contributed by atoms with Crippen molar-refractivity contribution < 1.29 is 5.11 Å². The Hall–Kier alpha value is -1.59. The number of hydrogen-bond donors (Lipinski definition) is 2. The summed E-state index contributed by atoms with van der Waals surface area (Å²) in [5, 5.41) is 13.6. The van der Waals surface area contributed by atoms with Crippen LogP contribution in [0.3, 0.4) is 0 Å². The first-order valence-electron chi connectivity index (χ1n) is 7.19. The monoisotopic (exact) mass is 305 g/mol. The van der Waals surface area contributed by atoms with Crippen molar-refractivity contribution in [3.8, 4) is 5.75 Å². The minimum absolute atomic E-state index is 0.151. The normalized spacial score (nSPS) is 12.4. The van der Waals surface area contributed by atoms with E-state index in [2.05, 4.69) is 35.1 Å². The van der Waals surface area contributed by atoms with E-state index in [1.807, 2.05) is 31.6 Å². The molecule has 1 atom stereocenters. The second kappa shape index (κ2) is 6.91. The summed E-state index contributed by atoms with van der Waals surface area (Å²) < 4.78 is 0. The summed E-state index contributed by atoms with van der Waals surface area (Å²) in [6.07, 6.45) is 0. The Labute approximate surface area is 130 Å². The summed E-state index contributed by atoms with van der Waals surface area (Å²) >= 11 is 1.67. The Balaban J connectivity index is 2.14. The van der Waals surface area contributed by atoms with Crippen molar-refractivity contribution in [1.82, 2.24) is 10.3 Å². The van der Waals surface area contributed by atoms with E-state index in [-0.39, 0.29) is 6.04 Å². The average molecular weight is 305 g/mol. The first kappa shape index (κ1) is 15.8. The number of nitrogens with zero attached hydrogens (tertiary/aromatic N) is 2. The smallest absolute Gasteiger partial charge is 0.122 e. The molecule has 4 nitrogen and oxygen atoms in total. The van der Waals surface area contributed by atoms with Gasteiger partial charge in [-0.2, -0.15) is 0 Å². The van der Waals surface area contributed by atoms with E-state index < -0.39 is 0 Å². The molecule has 0 aliphatic rings. The predicted molar refractivity (Wildman–Crippen MR) is 89.2 cm³/mol. The van der Waals surface area contributed by atoms with Crippen LogP contribution in [0.5, 0.6) is 5.75 Å². The molecule has 0 amide bonds. The number of benzene rings is 1. The summed E-state index contributed by atoms with van der Waals surface area (Å²) in [6.45, 7) is 7.83. The fourth-order valence-corrected chi connectivity index (χ4v) is 3.17. The van der Waals surface area contributed by atoms with Crippen molar-refractivity contribution in [3.05, 3.63) is 39.8 Å². The van der Waals surface area contributed by atoms with Gasteiger partial charge in [0.25, 0.3) is 0 Å². The van der Waals surface area contributed by atoms with Crippen LogP contribution in [0.25, 0.3) is 0 Å². The van der Waals surface area contributed by atoms with Crippen LogP contribution in [0.15, 0.2) is 23.7 Å². The van der Waals surface area contributed by atoms with E-state index in [0.29, 0.717) is 5.75 Å². The number of rotatable bonds is 6. The van der Waals surface area contributed by atoms with Gasteiger partial charge in [0.05, 0.1) is 17.7 Å². The summed E-state index contributed by atoms with van der Waals surface area (Å²) in [6, 6.07) is 6.03. The Morgan fingerprint density at radius 1 is 1.43 bits per heavy atom. The van der Waals surface area contributed by atoms with Crippen LogP contribution in [0.2, 0.25) is 0 Å². The van der Waals surface area contributed by atoms with Gasteiger partial charge in [0.1, 0.15) is 5.75 Å². The molecule has 0 fully saturated rings. The Bertz CT molecular complexity index is 597. The highest BCUT2D eigenvalue weighted by Crippen LogP contribution is 2.29. The molecule has 21 heavy (non-hydrogen) atoms. The number of anilines is 1. The quantitative estimate of drug-likeness (QED) is 0.858. The molecule has 0 bridgehead atoms. The van der Waals surface area contributed by atoms with Gasteiger partial charge in [-0.15, -0.1) is 11.3 Å². The lowest BCUT2D eigenvalue weighted by Crippen LogP contribution is -2.19. The third kappa shape index (κ3) is 3.74. The van der Waals surface area contributed by atoms with Crippen molar-refractivity contribution in [1.29, 1.82) is 0 Å². The second-order valence-electron chi connectivity index (χ2n) is 5.24. The van der Waals surface area contributed by atoms with E-state index in [0.717, 1.165) is 30.0 Å². The SMILES string of the molecule is CCNC(C)c1ccc(N(C)Cc2scnc2C)cc1O. The molecule has 1 unspecified atom stereocenters. The van der Waals surface area contributed by atoms with E-state index in [4.69, 9.17) is 0 Å². The Morgan fingerprint density at radius 3 is 2.76 bits per heavy atom. The fraction of sp³-hybridized carbons (Fsp3) is 0.438. The van der Waals surface area contributed by atoms with Crippen molar-refractivity contribution >= 4 is 17.0 Å². The molecule has 0 saturated heterocycles. The molecule has 2 N–H and O–H groups in total. The predicted octanol–water partition coefficient (Wildman–Crippen LogP) is 3.46. The molecule has 5 heteroatoms. The van der Waals surface area contributed by atoms with Crippen molar-refractivity contribution in [2.45, 2.75) is 33.4 Å². The van der Waals surface area contributed by atoms with E-state index in [1.54, 1.807) is 11.3 Å². The maximum absolute atomic E-state index is 10.2. The lowest BCUT2D eigenvalue weighted by molar-refractivity contribution is 0.454. The molecule has 0 spiro atoms. The van der Waals surface area contributed by atoms with Gasteiger partial charge in [-0.25, -0.2) is 4.98 Å². The first-order chi connectivity index (χ1) is 10.0. The highest BCUT2D eigenvalue weighted by atomic mass is 32.1. The molecule has 0 aliphatic carbocycles. The third-order valence-electron chi connectivity index (χ3n) is 3.66. The van der Waals surface area contributed by atoms with Gasteiger partial charge in [-0.3, -0.25) is 0 Å². The van der Waals surface area contributed by atoms with Gasteiger partial charge >= 0.3 is 0 Å². The zero-order valence-electron chi connectivity index (χ0n) is 13.1.